The van der Waals surface area contributed by atoms with Gasteiger partial charge in [-0.15, -0.1) is 0 Å². The average molecular weight is 957 g/mol. The highest BCUT2D eigenvalue weighted by Crippen LogP contribution is 2.42. The maximum absolute atomic E-state index is 12.8. The Kier molecular flexibility index (Phi) is 18.3. The fourth-order valence-electron chi connectivity index (χ4n) is 8.02. The first kappa shape index (κ1) is 53.8. The van der Waals surface area contributed by atoms with Gasteiger partial charge in [0.15, 0.2) is 18.9 Å². The SMILES string of the molecule is CO[C@]1(C(=O)[O-])C[C@@H](O[C@]2(C(=O)[O-])C[C@@H](O)[C@@H](O)[C@@H]([C@H](O)CO)O2)[C@@H](O[C@H]2O[C@H](CO)[C@@H](O[C@@H]3O[C@H](CO[C@H]4O[C@H](CO)[C@@H](O)[C@H](O)[C@H]4O)[C@@H](O)[C@H](O)[C@H]3O)[C@H](O)[C@H]2O)[C@@H]([C@H](O)CO)O1. The zero-order valence-corrected chi connectivity index (χ0v) is 34.1. The van der Waals surface area contributed by atoms with E-state index in [9.17, 15) is 102 Å². The Labute approximate surface area is 366 Å². The van der Waals surface area contributed by atoms with Crippen LogP contribution in [0.1, 0.15) is 12.8 Å². The highest BCUT2D eigenvalue weighted by Gasteiger charge is 2.60. The number of aliphatic hydroxyl groups is 16. The number of carbonyl (C=O) groups excluding carboxylic acids is 2. The number of carbonyl (C=O) groups is 2. The van der Waals surface area contributed by atoms with Crippen molar-refractivity contribution in [3.8, 4) is 0 Å². The van der Waals surface area contributed by atoms with Gasteiger partial charge in [0.2, 0.25) is 11.6 Å². The van der Waals surface area contributed by atoms with Crippen molar-refractivity contribution in [2.24, 2.45) is 0 Å². The van der Waals surface area contributed by atoms with Crippen LogP contribution in [0.3, 0.4) is 0 Å². The molecule has 5 aliphatic rings. The van der Waals surface area contributed by atoms with Crippen molar-refractivity contribution >= 4 is 11.9 Å². The molecule has 0 aliphatic carbocycles. The molecule has 0 aromatic heterocycles. The third kappa shape index (κ3) is 10.9. The Bertz CT molecular complexity index is 1540. The van der Waals surface area contributed by atoms with Crippen LogP contribution in [0.25, 0.3) is 0 Å². The van der Waals surface area contributed by atoms with E-state index < -0.39 is 210 Å². The summed E-state index contributed by atoms with van der Waals surface area (Å²) in [7, 11) is 0.772. The summed E-state index contributed by atoms with van der Waals surface area (Å²) in [6.07, 6.45) is -48.9. The quantitative estimate of drug-likeness (QED) is 0.0606. The van der Waals surface area contributed by atoms with Gasteiger partial charge in [0.05, 0.1) is 45.2 Å². The summed E-state index contributed by atoms with van der Waals surface area (Å²) in [5.41, 5.74) is 0. The van der Waals surface area contributed by atoms with Crippen LogP contribution in [0.5, 0.6) is 0 Å². The third-order valence-corrected chi connectivity index (χ3v) is 11.8. The summed E-state index contributed by atoms with van der Waals surface area (Å²) in [5, 5.41) is 192. The second-order valence-electron chi connectivity index (χ2n) is 16.0. The monoisotopic (exact) mass is 956 g/mol. The van der Waals surface area contributed by atoms with Crippen molar-refractivity contribution in [2.75, 3.05) is 40.1 Å². The summed E-state index contributed by atoms with van der Waals surface area (Å²) in [5.74, 6) is -10.8. The van der Waals surface area contributed by atoms with Gasteiger partial charge in [0, 0.05) is 20.0 Å². The van der Waals surface area contributed by atoms with Gasteiger partial charge in [-0.2, -0.15) is 0 Å². The molecule has 5 aliphatic heterocycles. The lowest BCUT2D eigenvalue weighted by molar-refractivity contribution is -0.427. The zero-order valence-electron chi connectivity index (χ0n) is 34.1. The fourth-order valence-corrected chi connectivity index (χ4v) is 8.02. The second-order valence-corrected chi connectivity index (χ2v) is 16.0. The molecule has 0 saturated carbocycles. The molecule has 0 amide bonds. The summed E-state index contributed by atoms with van der Waals surface area (Å²) >= 11 is 0. The molecule has 5 heterocycles. The van der Waals surface area contributed by atoms with Crippen LogP contribution in [0.15, 0.2) is 0 Å². The number of ether oxygens (including phenoxy) is 10. The molecule has 25 atom stereocenters. The van der Waals surface area contributed by atoms with E-state index in [-0.39, 0.29) is 0 Å². The minimum atomic E-state index is -3.28. The van der Waals surface area contributed by atoms with E-state index in [0.717, 1.165) is 7.11 Å². The number of carboxylic acid groups (broad SMARTS) is 2. The highest BCUT2D eigenvalue weighted by atomic mass is 16.8. The first-order valence-electron chi connectivity index (χ1n) is 20.1. The van der Waals surface area contributed by atoms with Gasteiger partial charge >= 0.3 is 0 Å². The van der Waals surface area contributed by atoms with E-state index in [4.69, 9.17) is 47.4 Å². The number of aliphatic carboxylic acids is 2. The number of hydrogen-bond donors (Lipinski definition) is 16. The van der Waals surface area contributed by atoms with Gasteiger partial charge in [-0.25, -0.2) is 0 Å². The minimum absolute atomic E-state index is 0.772. The predicted molar refractivity (Wildman–Crippen MR) is 188 cm³/mol. The van der Waals surface area contributed by atoms with Crippen LogP contribution < -0.4 is 10.2 Å². The van der Waals surface area contributed by atoms with Gasteiger partial charge in [-0.1, -0.05) is 0 Å². The van der Waals surface area contributed by atoms with Gasteiger partial charge in [0.25, 0.3) is 0 Å². The molecule has 5 fully saturated rings. The van der Waals surface area contributed by atoms with E-state index in [0.29, 0.717) is 0 Å². The van der Waals surface area contributed by atoms with Gasteiger partial charge in [0.1, 0.15) is 122 Å². The second kappa shape index (κ2) is 22.1. The summed E-state index contributed by atoms with van der Waals surface area (Å²) in [4.78, 5) is 25.2. The van der Waals surface area contributed by atoms with Crippen molar-refractivity contribution in [3.63, 3.8) is 0 Å². The molecule has 5 rings (SSSR count). The number of methoxy groups -OCH3 is 1. The van der Waals surface area contributed by atoms with Crippen LogP contribution in [0.2, 0.25) is 0 Å². The van der Waals surface area contributed by atoms with Crippen molar-refractivity contribution < 1.29 is 149 Å². The smallest absolute Gasteiger partial charge is 0.212 e. The van der Waals surface area contributed by atoms with E-state index in [1.807, 2.05) is 0 Å². The molecule has 378 valence electrons. The topological polar surface area (TPSA) is 496 Å². The molecule has 0 aromatic rings. The zero-order chi connectivity index (χ0) is 48.5. The van der Waals surface area contributed by atoms with Crippen LogP contribution in [-0.4, -0.2) is 286 Å². The lowest BCUT2D eigenvalue weighted by Crippen LogP contribution is -2.71. The molecule has 0 bridgehead atoms. The molecule has 5 saturated heterocycles. The molecule has 30 heteroatoms. The lowest BCUT2D eigenvalue weighted by atomic mass is 9.89. The van der Waals surface area contributed by atoms with E-state index >= 15 is 0 Å². The van der Waals surface area contributed by atoms with Crippen molar-refractivity contribution in [1.82, 2.24) is 0 Å². The van der Waals surface area contributed by atoms with E-state index in [1.165, 1.54) is 0 Å². The van der Waals surface area contributed by atoms with E-state index in [2.05, 4.69) is 0 Å². The maximum Gasteiger partial charge on any atom is 0.212 e. The molecule has 0 spiro atoms. The fraction of sp³-hybridized carbons (Fsp3) is 0.943. The standard InChI is InChI=1S/C35H58O30/c1-56-34(32(52)53)3-12(63-35(33(54)55)2-9(40)16(43)25(64-35)10(41)4-36)28(26(65-34)11(42)5-37)62-31-24(51)21(48)27(14(7-39)59-31)61-30-23(50)20(47)18(45)15(60-30)8-57-29-22(49)19(46)17(44)13(6-38)58-29/h9-31,36-51H,2-8H2,1H3,(H,52,53)(H,54,55)/p-2/t9-,10-,11-,12-,13-,14-,15-,16-,17-,18-,19+,20+,21-,22-,23-,24-,25-,26-,27-,28-,29+,30+,31-,34-,35-/m1/s1. The van der Waals surface area contributed by atoms with Crippen LogP contribution in [0.4, 0.5) is 0 Å². The summed E-state index contributed by atoms with van der Waals surface area (Å²) < 4.78 is 54.9. The lowest BCUT2D eigenvalue weighted by Gasteiger charge is -2.54. The highest BCUT2D eigenvalue weighted by molar-refractivity contribution is 5.75. The van der Waals surface area contributed by atoms with Crippen molar-refractivity contribution in [1.29, 1.82) is 0 Å². The minimum Gasteiger partial charge on any atom is -0.544 e. The molecule has 0 aromatic carbocycles. The first-order chi connectivity index (χ1) is 30.5. The number of hydrogen-bond acceptors (Lipinski definition) is 30. The van der Waals surface area contributed by atoms with Crippen LogP contribution in [-0.2, 0) is 57.0 Å². The Morgan fingerprint density at radius 2 is 1.06 bits per heavy atom. The molecule has 0 radical (unpaired) electrons. The van der Waals surface area contributed by atoms with Crippen molar-refractivity contribution in [3.05, 3.63) is 0 Å². The summed E-state index contributed by atoms with van der Waals surface area (Å²) in [6, 6.07) is 0. The van der Waals surface area contributed by atoms with Gasteiger partial charge in [-0.3, -0.25) is 0 Å². The number of carboxylic acids is 2. The average Bonchev–Trinajstić information content (AvgIpc) is 3.28. The Morgan fingerprint density at radius 1 is 0.585 bits per heavy atom. The van der Waals surface area contributed by atoms with Gasteiger partial charge < -0.3 is 149 Å². The maximum atomic E-state index is 12.8. The molecule has 30 nitrogen and oxygen atoms in total. The van der Waals surface area contributed by atoms with Crippen LogP contribution >= 0.6 is 0 Å². The Balaban J connectivity index is 1.40. The normalized spacial score (nSPS) is 48.4. The Hall–Kier alpha value is -2.10. The summed E-state index contributed by atoms with van der Waals surface area (Å²) in [6.45, 7) is -5.17. The first-order valence-corrected chi connectivity index (χ1v) is 20.1. The van der Waals surface area contributed by atoms with Crippen molar-refractivity contribution in [2.45, 2.75) is 165 Å². The predicted octanol–water partition coefficient (Wildman–Crippen LogP) is -14.3. The van der Waals surface area contributed by atoms with E-state index in [1.54, 1.807) is 0 Å². The van der Waals surface area contributed by atoms with Crippen LogP contribution in [0, 0.1) is 0 Å². The number of aliphatic hydroxyl groups excluding tert-OH is 16. The largest absolute Gasteiger partial charge is 0.544 e. The molecule has 65 heavy (non-hydrogen) atoms. The third-order valence-electron chi connectivity index (χ3n) is 11.8. The van der Waals surface area contributed by atoms with Gasteiger partial charge in [-0.05, 0) is 0 Å². The molecular formula is C35H56O30-2. The molecule has 0 unspecified atom stereocenters. The molecular weight excluding hydrogens is 900 g/mol. The Morgan fingerprint density at radius 3 is 1.60 bits per heavy atom. The number of rotatable bonds is 18. The molecule has 16 N–H and O–H groups in total.